The van der Waals surface area contributed by atoms with Crippen molar-refractivity contribution < 1.29 is 18.9 Å². The molecule has 0 unspecified atom stereocenters. The second-order valence-electron chi connectivity index (χ2n) is 3.72. The van der Waals surface area contributed by atoms with Crippen LogP contribution in [0.5, 0.6) is 0 Å². The van der Waals surface area contributed by atoms with Gasteiger partial charge < -0.3 is 9.79 Å². The van der Waals surface area contributed by atoms with E-state index in [1.807, 2.05) is 31.2 Å². The smallest absolute Gasteiger partial charge is 0.303 e. The first-order chi connectivity index (χ1) is 8.44. The van der Waals surface area contributed by atoms with Crippen LogP contribution in [-0.2, 0) is 15.8 Å². The van der Waals surface area contributed by atoms with Crippen LogP contribution >= 0.6 is 7.82 Å². The number of phosphoric acid groups is 1. The van der Waals surface area contributed by atoms with Crippen molar-refractivity contribution in [2.75, 3.05) is 0 Å². The predicted molar refractivity (Wildman–Crippen MR) is 63.3 cm³/mol. The fraction of sp³-hybridized carbons (Fsp3) is 0.200. The lowest BCUT2D eigenvalue weighted by Crippen LogP contribution is -2.01. The number of nitrogens with zero attached hydrogens (tertiary/aromatic N) is 3. The standard InChI is InChI=1S/C10H12N3O4P/c1-8-2-4-9(5-3-8)10-11-6-13(12-10)7-17-18(14,15)16/h2-6H,7H2,1H3,(H2,14,15,16). The van der Waals surface area contributed by atoms with Crippen LogP contribution in [0.2, 0.25) is 0 Å². The van der Waals surface area contributed by atoms with Crippen molar-refractivity contribution >= 4 is 7.82 Å². The third-order valence-corrected chi connectivity index (χ3v) is 2.66. The molecular weight excluding hydrogens is 257 g/mol. The summed E-state index contributed by atoms with van der Waals surface area (Å²) in [6, 6.07) is 7.61. The van der Waals surface area contributed by atoms with Crippen molar-refractivity contribution in [3.8, 4) is 11.4 Å². The third-order valence-electron chi connectivity index (χ3n) is 2.20. The van der Waals surface area contributed by atoms with Gasteiger partial charge in [-0.2, -0.15) is 0 Å². The number of phosphoric ester groups is 1. The zero-order valence-corrected chi connectivity index (χ0v) is 10.5. The summed E-state index contributed by atoms with van der Waals surface area (Å²) in [5.74, 6) is 0.476. The molecule has 96 valence electrons. The molecule has 2 N–H and O–H groups in total. The van der Waals surface area contributed by atoms with Gasteiger partial charge in [-0.25, -0.2) is 14.2 Å². The summed E-state index contributed by atoms with van der Waals surface area (Å²) in [7, 11) is -4.49. The molecule has 0 saturated carbocycles. The Morgan fingerprint density at radius 2 is 2.00 bits per heavy atom. The van der Waals surface area contributed by atoms with Gasteiger partial charge in [0.25, 0.3) is 0 Å². The highest BCUT2D eigenvalue weighted by Gasteiger charge is 2.14. The van der Waals surface area contributed by atoms with Crippen LogP contribution in [0.25, 0.3) is 11.4 Å². The third kappa shape index (κ3) is 3.48. The fourth-order valence-electron chi connectivity index (χ4n) is 1.33. The van der Waals surface area contributed by atoms with Crippen LogP contribution in [0.4, 0.5) is 0 Å². The van der Waals surface area contributed by atoms with Crippen molar-refractivity contribution in [1.29, 1.82) is 0 Å². The van der Waals surface area contributed by atoms with Crippen molar-refractivity contribution in [2.24, 2.45) is 0 Å². The van der Waals surface area contributed by atoms with E-state index in [1.165, 1.54) is 11.0 Å². The van der Waals surface area contributed by atoms with Gasteiger partial charge >= 0.3 is 7.82 Å². The maximum atomic E-state index is 10.5. The Hall–Kier alpha value is -1.53. The van der Waals surface area contributed by atoms with E-state index in [-0.39, 0.29) is 6.73 Å². The van der Waals surface area contributed by atoms with E-state index in [4.69, 9.17) is 9.79 Å². The van der Waals surface area contributed by atoms with Gasteiger partial charge in [0, 0.05) is 5.56 Å². The number of benzene rings is 1. The summed E-state index contributed by atoms with van der Waals surface area (Å²) in [6.45, 7) is 1.63. The molecule has 0 radical (unpaired) electrons. The molecule has 0 atom stereocenters. The number of aromatic nitrogens is 3. The first-order valence-corrected chi connectivity index (χ1v) is 6.64. The van der Waals surface area contributed by atoms with Crippen LogP contribution in [0.3, 0.4) is 0 Å². The van der Waals surface area contributed by atoms with Gasteiger partial charge in [0.05, 0.1) is 0 Å². The fourth-order valence-corrected chi connectivity index (χ4v) is 1.59. The predicted octanol–water partition coefficient (Wildman–Crippen LogP) is 1.32. The summed E-state index contributed by atoms with van der Waals surface area (Å²) >= 11 is 0. The van der Waals surface area contributed by atoms with E-state index in [0.29, 0.717) is 5.82 Å². The highest BCUT2D eigenvalue weighted by atomic mass is 31.2. The molecule has 1 aromatic carbocycles. The molecule has 0 amide bonds. The number of rotatable bonds is 4. The lowest BCUT2D eigenvalue weighted by Gasteiger charge is -2.03. The molecule has 2 rings (SSSR count). The average molecular weight is 269 g/mol. The molecule has 0 aliphatic carbocycles. The van der Waals surface area contributed by atoms with E-state index in [9.17, 15) is 4.57 Å². The molecule has 2 aromatic rings. The van der Waals surface area contributed by atoms with Gasteiger partial charge in [0.2, 0.25) is 0 Å². The van der Waals surface area contributed by atoms with Gasteiger partial charge in [-0.1, -0.05) is 29.8 Å². The Bertz CT molecular complexity index is 575. The van der Waals surface area contributed by atoms with E-state index < -0.39 is 7.82 Å². The maximum Gasteiger partial charge on any atom is 0.471 e. The lowest BCUT2D eigenvalue weighted by molar-refractivity contribution is 0.145. The first kappa shape index (κ1) is 12.9. The molecule has 0 saturated heterocycles. The molecule has 0 bridgehead atoms. The minimum Gasteiger partial charge on any atom is -0.303 e. The topological polar surface area (TPSA) is 97.5 Å². The number of hydrogen-bond donors (Lipinski definition) is 2. The highest BCUT2D eigenvalue weighted by molar-refractivity contribution is 7.46. The van der Waals surface area contributed by atoms with Crippen molar-refractivity contribution in [2.45, 2.75) is 13.7 Å². The number of aryl methyl sites for hydroxylation is 1. The zero-order chi connectivity index (χ0) is 13.2. The van der Waals surface area contributed by atoms with Crippen LogP contribution in [-0.4, -0.2) is 24.6 Å². The molecule has 1 heterocycles. The minimum absolute atomic E-state index is 0.344. The molecule has 8 heteroatoms. The molecule has 0 aliphatic heterocycles. The van der Waals surface area contributed by atoms with Gasteiger partial charge in [-0.05, 0) is 6.92 Å². The van der Waals surface area contributed by atoms with E-state index in [2.05, 4.69) is 14.6 Å². The van der Waals surface area contributed by atoms with Gasteiger partial charge in [-0.3, -0.25) is 4.52 Å². The maximum absolute atomic E-state index is 10.5. The summed E-state index contributed by atoms with van der Waals surface area (Å²) in [5.41, 5.74) is 1.96. The Balaban J connectivity index is 2.10. The van der Waals surface area contributed by atoms with E-state index >= 15 is 0 Å². The Morgan fingerprint density at radius 1 is 1.33 bits per heavy atom. The van der Waals surface area contributed by atoms with Crippen LogP contribution in [0, 0.1) is 6.92 Å². The van der Waals surface area contributed by atoms with Crippen molar-refractivity contribution in [1.82, 2.24) is 14.8 Å². The quantitative estimate of drug-likeness (QED) is 0.812. The second-order valence-corrected chi connectivity index (χ2v) is 4.96. The minimum atomic E-state index is -4.49. The van der Waals surface area contributed by atoms with Crippen LogP contribution in [0.1, 0.15) is 5.56 Å². The summed E-state index contributed by atoms with van der Waals surface area (Å²) in [4.78, 5) is 21.2. The van der Waals surface area contributed by atoms with Crippen LogP contribution < -0.4 is 0 Å². The largest absolute Gasteiger partial charge is 0.471 e. The van der Waals surface area contributed by atoms with Gasteiger partial charge in [0.1, 0.15) is 6.33 Å². The summed E-state index contributed by atoms with van der Waals surface area (Å²) < 4.78 is 16.1. The molecule has 18 heavy (non-hydrogen) atoms. The first-order valence-electron chi connectivity index (χ1n) is 5.11. The summed E-state index contributed by atoms with van der Waals surface area (Å²) in [6.07, 6.45) is 1.35. The zero-order valence-electron chi connectivity index (χ0n) is 9.59. The van der Waals surface area contributed by atoms with Gasteiger partial charge in [-0.15, -0.1) is 5.10 Å². The molecule has 7 nitrogen and oxygen atoms in total. The second kappa shape index (κ2) is 4.99. The van der Waals surface area contributed by atoms with Crippen molar-refractivity contribution in [3.63, 3.8) is 0 Å². The van der Waals surface area contributed by atoms with Crippen LogP contribution in [0.15, 0.2) is 30.6 Å². The SMILES string of the molecule is Cc1ccc(-c2ncn(COP(=O)(O)O)n2)cc1. The highest BCUT2D eigenvalue weighted by Crippen LogP contribution is 2.35. The molecule has 0 fully saturated rings. The monoisotopic (exact) mass is 269 g/mol. The average Bonchev–Trinajstić information content (AvgIpc) is 2.75. The Morgan fingerprint density at radius 3 is 2.61 bits per heavy atom. The Labute approximate surface area is 103 Å². The Kier molecular flexibility index (Phi) is 3.58. The van der Waals surface area contributed by atoms with E-state index in [1.54, 1.807) is 0 Å². The van der Waals surface area contributed by atoms with Gasteiger partial charge in [0.15, 0.2) is 12.6 Å². The summed E-state index contributed by atoms with van der Waals surface area (Å²) in [5, 5.41) is 4.05. The molecule has 1 aromatic heterocycles. The van der Waals surface area contributed by atoms with Crippen molar-refractivity contribution in [3.05, 3.63) is 36.2 Å². The molecular formula is C10H12N3O4P. The lowest BCUT2D eigenvalue weighted by atomic mass is 10.1. The molecule has 0 aliphatic rings. The molecule has 0 spiro atoms. The normalized spacial score (nSPS) is 11.7. The van der Waals surface area contributed by atoms with E-state index in [0.717, 1.165) is 11.1 Å². The number of hydrogen-bond acceptors (Lipinski definition) is 4.